The molecule has 2 unspecified atom stereocenters. The first kappa shape index (κ1) is 14.3. The second-order valence-corrected chi connectivity index (χ2v) is 6.71. The number of rotatable bonds is 4. The van der Waals surface area contributed by atoms with Crippen LogP contribution in [0.3, 0.4) is 0 Å². The van der Waals surface area contributed by atoms with Gasteiger partial charge in [0.1, 0.15) is 0 Å². The molecule has 1 aromatic carbocycles. The Bertz CT molecular complexity index is 587. The molecule has 19 heavy (non-hydrogen) atoms. The fourth-order valence-electron chi connectivity index (χ4n) is 2.30. The molecular formula is C12H14ClNO4S. The lowest BCUT2D eigenvalue weighted by molar-refractivity contribution is -0.141. The van der Waals surface area contributed by atoms with Crippen molar-refractivity contribution in [1.82, 2.24) is 4.72 Å². The van der Waals surface area contributed by atoms with E-state index in [2.05, 4.69) is 4.72 Å². The Balaban J connectivity index is 2.20. The molecule has 0 saturated heterocycles. The van der Waals surface area contributed by atoms with Crippen molar-refractivity contribution in [3.05, 3.63) is 29.3 Å². The first-order valence-electron chi connectivity index (χ1n) is 5.91. The molecule has 2 atom stereocenters. The third-order valence-electron chi connectivity index (χ3n) is 3.25. The number of hydrogen-bond donors (Lipinski definition) is 2. The van der Waals surface area contributed by atoms with Crippen molar-refractivity contribution in [3.63, 3.8) is 0 Å². The molecule has 1 aromatic rings. The molecule has 2 rings (SSSR count). The van der Waals surface area contributed by atoms with Crippen LogP contribution in [0.15, 0.2) is 29.2 Å². The van der Waals surface area contributed by atoms with Crippen LogP contribution >= 0.6 is 11.6 Å². The van der Waals surface area contributed by atoms with Crippen LogP contribution in [0.25, 0.3) is 0 Å². The summed E-state index contributed by atoms with van der Waals surface area (Å²) in [6.07, 6.45) is 1.74. The molecule has 0 amide bonds. The minimum Gasteiger partial charge on any atom is -0.481 e. The Hall–Kier alpha value is -1.11. The molecule has 1 fully saturated rings. The van der Waals surface area contributed by atoms with Crippen LogP contribution in [0.4, 0.5) is 0 Å². The minimum atomic E-state index is -3.73. The molecule has 0 heterocycles. The quantitative estimate of drug-likeness (QED) is 0.889. The van der Waals surface area contributed by atoms with Gasteiger partial charge in [0.05, 0.1) is 10.8 Å². The highest BCUT2D eigenvalue weighted by molar-refractivity contribution is 7.89. The van der Waals surface area contributed by atoms with E-state index >= 15 is 0 Å². The summed E-state index contributed by atoms with van der Waals surface area (Å²) in [5.74, 6) is -1.62. The summed E-state index contributed by atoms with van der Waals surface area (Å²) in [4.78, 5) is 11.1. The van der Waals surface area contributed by atoms with Gasteiger partial charge in [-0.25, -0.2) is 13.1 Å². The standard InChI is InChI=1S/C12H14ClNO4S/c13-8-3-1-4-9(7-8)19(17,18)14-11-6-2-5-10(11)12(15)16/h1,3-4,7,10-11,14H,2,5-6H2,(H,15,16). The maximum atomic E-state index is 12.1. The molecule has 0 aromatic heterocycles. The van der Waals surface area contributed by atoms with E-state index < -0.39 is 28.0 Å². The van der Waals surface area contributed by atoms with E-state index in [0.29, 0.717) is 24.3 Å². The van der Waals surface area contributed by atoms with Crippen molar-refractivity contribution >= 4 is 27.6 Å². The maximum Gasteiger partial charge on any atom is 0.308 e. The van der Waals surface area contributed by atoms with E-state index in [4.69, 9.17) is 16.7 Å². The van der Waals surface area contributed by atoms with Gasteiger partial charge in [0.15, 0.2) is 0 Å². The van der Waals surface area contributed by atoms with Gasteiger partial charge in [0.2, 0.25) is 10.0 Å². The highest BCUT2D eigenvalue weighted by Crippen LogP contribution is 2.27. The fraction of sp³-hybridized carbons (Fsp3) is 0.417. The summed E-state index contributed by atoms with van der Waals surface area (Å²) in [6, 6.07) is 5.34. The number of benzene rings is 1. The third kappa shape index (κ3) is 3.26. The second kappa shape index (κ2) is 5.48. The average molecular weight is 304 g/mol. The van der Waals surface area contributed by atoms with Crippen molar-refractivity contribution < 1.29 is 18.3 Å². The van der Waals surface area contributed by atoms with Gasteiger partial charge in [-0.3, -0.25) is 4.79 Å². The van der Waals surface area contributed by atoms with Gasteiger partial charge in [0, 0.05) is 11.1 Å². The van der Waals surface area contributed by atoms with Crippen LogP contribution in [0.5, 0.6) is 0 Å². The number of carboxylic acid groups (broad SMARTS) is 1. The lowest BCUT2D eigenvalue weighted by Crippen LogP contribution is -2.40. The Morgan fingerprint density at radius 3 is 2.74 bits per heavy atom. The summed E-state index contributed by atoms with van der Waals surface area (Å²) in [6.45, 7) is 0. The Morgan fingerprint density at radius 2 is 2.11 bits per heavy atom. The number of carboxylic acids is 1. The monoisotopic (exact) mass is 303 g/mol. The molecule has 1 aliphatic rings. The highest BCUT2D eigenvalue weighted by atomic mass is 35.5. The van der Waals surface area contributed by atoms with Crippen LogP contribution in [-0.4, -0.2) is 25.5 Å². The summed E-state index contributed by atoms with van der Waals surface area (Å²) < 4.78 is 26.8. The summed E-state index contributed by atoms with van der Waals surface area (Å²) in [7, 11) is -3.73. The van der Waals surface area contributed by atoms with Crippen LogP contribution in [0, 0.1) is 5.92 Å². The SMILES string of the molecule is O=C(O)C1CCCC1NS(=O)(=O)c1cccc(Cl)c1. The van der Waals surface area contributed by atoms with Crippen molar-refractivity contribution in [2.45, 2.75) is 30.2 Å². The number of sulfonamides is 1. The largest absolute Gasteiger partial charge is 0.481 e. The van der Waals surface area contributed by atoms with Gasteiger partial charge >= 0.3 is 5.97 Å². The summed E-state index contributed by atoms with van der Waals surface area (Å²) in [5, 5.41) is 9.36. The predicted molar refractivity (Wildman–Crippen MR) is 70.5 cm³/mol. The molecule has 2 N–H and O–H groups in total. The van der Waals surface area contributed by atoms with Crippen LogP contribution in [-0.2, 0) is 14.8 Å². The number of aliphatic carboxylic acids is 1. The first-order valence-corrected chi connectivity index (χ1v) is 7.77. The van der Waals surface area contributed by atoms with E-state index in [1.165, 1.54) is 12.1 Å². The summed E-state index contributed by atoms with van der Waals surface area (Å²) in [5.41, 5.74) is 0. The van der Waals surface area contributed by atoms with E-state index in [-0.39, 0.29) is 4.90 Å². The molecule has 0 bridgehead atoms. The highest BCUT2D eigenvalue weighted by Gasteiger charge is 2.35. The Morgan fingerprint density at radius 1 is 1.37 bits per heavy atom. The zero-order chi connectivity index (χ0) is 14.0. The van der Waals surface area contributed by atoms with Gasteiger partial charge in [-0.2, -0.15) is 0 Å². The van der Waals surface area contributed by atoms with Gasteiger partial charge in [-0.1, -0.05) is 24.1 Å². The minimum absolute atomic E-state index is 0.0519. The molecular weight excluding hydrogens is 290 g/mol. The first-order chi connectivity index (χ1) is 8.90. The van der Waals surface area contributed by atoms with E-state index in [9.17, 15) is 13.2 Å². The topological polar surface area (TPSA) is 83.5 Å². The van der Waals surface area contributed by atoms with Crippen molar-refractivity contribution in [2.75, 3.05) is 0 Å². The number of halogens is 1. The lowest BCUT2D eigenvalue weighted by atomic mass is 10.1. The number of carbonyl (C=O) groups is 1. The molecule has 0 radical (unpaired) electrons. The van der Waals surface area contributed by atoms with Gasteiger partial charge in [0.25, 0.3) is 0 Å². The van der Waals surface area contributed by atoms with Gasteiger partial charge in [-0.05, 0) is 31.0 Å². The predicted octanol–water partition coefficient (Wildman–Crippen LogP) is 1.87. The molecule has 0 aliphatic heterocycles. The third-order valence-corrected chi connectivity index (χ3v) is 4.97. The van der Waals surface area contributed by atoms with Gasteiger partial charge < -0.3 is 5.11 Å². The van der Waals surface area contributed by atoms with Crippen molar-refractivity contribution in [3.8, 4) is 0 Å². The molecule has 7 heteroatoms. The zero-order valence-electron chi connectivity index (χ0n) is 10.0. The molecule has 1 aliphatic carbocycles. The number of nitrogens with one attached hydrogen (secondary N) is 1. The molecule has 0 spiro atoms. The van der Waals surface area contributed by atoms with E-state index in [1.807, 2.05) is 0 Å². The zero-order valence-corrected chi connectivity index (χ0v) is 11.6. The van der Waals surface area contributed by atoms with Crippen molar-refractivity contribution in [1.29, 1.82) is 0 Å². The van der Waals surface area contributed by atoms with E-state index in [0.717, 1.165) is 0 Å². The number of hydrogen-bond acceptors (Lipinski definition) is 3. The normalized spacial score (nSPS) is 23.4. The fourth-order valence-corrected chi connectivity index (χ4v) is 3.91. The van der Waals surface area contributed by atoms with Crippen LogP contribution < -0.4 is 4.72 Å². The lowest BCUT2D eigenvalue weighted by Gasteiger charge is -2.17. The molecule has 104 valence electrons. The van der Waals surface area contributed by atoms with E-state index in [1.54, 1.807) is 12.1 Å². The van der Waals surface area contributed by atoms with Crippen LogP contribution in [0.2, 0.25) is 5.02 Å². The Kier molecular flexibility index (Phi) is 4.13. The van der Waals surface area contributed by atoms with Gasteiger partial charge in [-0.15, -0.1) is 0 Å². The molecule has 1 saturated carbocycles. The average Bonchev–Trinajstić information content (AvgIpc) is 2.76. The molecule has 5 nitrogen and oxygen atoms in total. The summed E-state index contributed by atoms with van der Waals surface area (Å²) >= 11 is 5.76. The van der Waals surface area contributed by atoms with Crippen LogP contribution in [0.1, 0.15) is 19.3 Å². The maximum absolute atomic E-state index is 12.1. The smallest absolute Gasteiger partial charge is 0.308 e. The van der Waals surface area contributed by atoms with Crippen molar-refractivity contribution in [2.24, 2.45) is 5.92 Å². The Labute approximate surface area is 116 Å². The second-order valence-electron chi connectivity index (χ2n) is 4.56.